The summed E-state index contributed by atoms with van der Waals surface area (Å²) in [5.74, 6) is 0.347. The number of methoxy groups -OCH3 is 1. The van der Waals surface area contributed by atoms with Gasteiger partial charge in [-0.15, -0.1) is 0 Å². The van der Waals surface area contributed by atoms with Crippen LogP contribution in [0.3, 0.4) is 0 Å². The lowest BCUT2D eigenvalue weighted by Crippen LogP contribution is -2.47. The number of carbonyl (C=O) groups excluding carboxylic acids is 2. The quantitative estimate of drug-likeness (QED) is 0.907. The molecule has 6 heteroatoms. The Hall–Kier alpha value is -2.99. The molecule has 0 spiro atoms. The molecule has 1 atom stereocenters. The summed E-state index contributed by atoms with van der Waals surface area (Å²) in [5.41, 5.74) is 3.01. The predicted molar refractivity (Wildman–Crippen MR) is 104 cm³/mol. The molecular weight excluding hydrogens is 342 g/mol. The zero-order valence-corrected chi connectivity index (χ0v) is 15.1. The molecule has 2 aromatic rings. The minimum Gasteiger partial charge on any atom is -0.495 e. The Labute approximate surface area is 157 Å². The second-order valence-corrected chi connectivity index (χ2v) is 6.77. The molecule has 27 heavy (non-hydrogen) atoms. The van der Waals surface area contributed by atoms with E-state index < -0.39 is 0 Å². The van der Waals surface area contributed by atoms with E-state index in [1.54, 1.807) is 19.2 Å². The fourth-order valence-corrected chi connectivity index (χ4v) is 3.68. The van der Waals surface area contributed by atoms with E-state index in [0.29, 0.717) is 36.5 Å². The van der Waals surface area contributed by atoms with E-state index in [-0.39, 0.29) is 24.2 Å². The summed E-state index contributed by atoms with van der Waals surface area (Å²) in [6, 6.07) is 14.8. The number of ketones is 1. The molecule has 1 N–H and O–H groups in total. The van der Waals surface area contributed by atoms with Crippen LogP contribution in [-0.2, 0) is 4.79 Å². The summed E-state index contributed by atoms with van der Waals surface area (Å²) in [5, 5.41) is 2.89. The number of piperidine rings is 1. The minimum absolute atomic E-state index is 0.102. The van der Waals surface area contributed by atoms with Crippen LogP contribution in [-0.4, -0.2) is 49.0 Å². The summed E-state index contributed by atoms with van der Waals surface area (Å²) in [4.78, 5) is 32.0. The third-order valence-electron chi connectivity index (χ3n) is 5.03. The average molecular weight is 363 g/mol. The van der Waals surface area contributed by atoms with Gasteiger partial charge >= 0.3 is 0 Å². The molecule has 6 nitrogen and oxygen atoms in total. The lowest BCUT2D eigenvalue weighted by molar-refractivity contribution is -0.117. The van der Waals surface area contributed by atoms with Crippen molar-refractivity contribution < 1.29 is 14.3 Å². The third kappa shape index (κ3) is 3.48. The van der Waals surface area contributed by atoms with Gasteiger partial charge in [-0.05, 0) is 30.7 Å². The molecular formula is C21H21N3O3. The van der Waals surface area contributed by atoms with Crippen molar-refractivity contribution >= 4 is 28.8 Å². The predicted octanol–water partition coefficient (Wildman–Crippen LogP) is 2.92. The standard InChI is InChI=1S/C21H21N3O3/c1-27-19-9-5-4-8-18(19)23-20(25)13-24-11-10-17-15(12-24)21(26)14-6-2-3-7-16(14)22-17/h2-9,15H,10-13H2,1H3,(H,23,25). The third-order valence-corrected chi connectivity index (χ3v) is 5.03. The van der Waals surface area contributed by atoms with E-state index in [0.717, 1.165) is 11.4 Å². The molecule has 0 aliphatic carbocycles. The molecule has 0 saturated carbocycles. The SMILES string of the molecule is COc1ccccc1NC(=O)CN1CCC2=Nc3ccccc3C(=O)C2C1. The van der Waals surface area contributed by atoms with Crippen molar-refractivity contribution in [3.63, 3.8) is 0 Å². The molecule has 1 unspecified atom stereocenters. The van der Waals surface area contributed by atoms with Gasteiger partial charge in [-0.25, -0.2) is 0 Å². The highest BCUT2D eigenvalue weighted by atomic mass is 16.5. The number of carbonyl (C=O) groups is 2. The number of Topliss-reactive ketones (excluding diaryl/α,β-unsaturated/α-hetero) is 1. The zero-order chi connectivity index (χ0) is 18.8. The van der Waals surface area contributed by atoms with Crippen LogP contribution < -0.4 is 10.1 Å². The second kappa shape index (κ2) is 7.32. The maximum atomic E-state index is 12.8. The number of fused-ring (bicyclic) bond motifs is 2. The fourth-order valence-electron chi connectivity index (χ4n) is 3.68. The van der Waals surface area contributed by atoms with Crippen LogP contribution in [0.2, 0.25) is 0 Å². The van der Waals surface area contributed by atoms with Gasteiger partial charge < -0.3 is 10.1 Å². The van der Waals surface area contributed by atoms with Gasteiger partial charge in [-0.1, -0.05) is 24.3 Å². The number of nitrogens with one attached hydrogen (secondary N) is 1. The number of benzene rings is 2. The first kappa shape index (κ1) is 17.4. The van der Waals surface area contributed by atoms with Crippen molar-refractivity contribution in [3.8, 4) is 5.75 Å². The van der Waals surface area contributed by atoms with Gasteiger partial charge in [0.15, 0.2) is 5.78 Å². The first-order valence-electron chi connectivity index (χ1n) is 9.01. The summed E-state index contributed by atoms with van der Waals surface area (Å²) in [6.45, 7) is 1.46. The number of rotatable bonds is 4. The van der Waals surface area contributed by atoms with Gasteiger partial charge in [-0.2, -0.15) is 0 Å². The summed E-state index contributed by atoms with van der Waals surface area (Å²) in [6.07, 6.45) is 0.701. The first-order valence-corrected chi connectivity index (χ1v) is 9.01. The van der Waals surface area contributed by atoms with Crippen LogP contribution in [0.4, 0.5) is 11.4 Å². The lowest BCUT2D eigenvalue weighted by atomic mass is 9.85. The first-order chi connectivity index (χ1) is 13.2. The summed E-state index contributed by atoms with van der Waals surface area (Å²) in [7, 11) is 1.57. The second-order valence-electron chi connectivity index (χ2n) is 6.77. The van der Waals surface area contributed by atoms with E-state index in [4.69, 9.17) is 4.74 Å². The van der Waals surface area contributed by atoms with Crippen molar-refractivity contribution in [2.24, 2.45) is 10.9 Å². The zero-order valence-electron chi connectivity index (χ0n) is 15.1. The van der Waals surface area contributed by atoms with Gasteiger partial charge in [0.05, 0.1) is 30.9 Å². The summed E-state index contributed by atoms with van der Waals surface area (Å²) < 4.78 is 5.27. The van der Waals surface area contributed by atoms with Crippen LogP contribution in [0.15, 0.2) is 53.5 Å². The van der Waals surface area contributed by atoms with E-state index in [1.807, 2.05) is 41.3 Å². The number of hydrogen-bond donors (Lipinski definition) is 1. The van der Waals surface area contributed by atoms with E-state index >= 15 is 0 Å². The number of anilines is 1. The Kier molecular flexibility index (Phi) is 4.73. The van der Waals surface area contributed by atoms with E-state index in [9.17, 15) is 9.59 Å². The topological polar surface area (TPSA) is 71.0 Å². The Bertz CT molecular complexity index is 922. The van der Waals surface area contributed by atoms with Crippen LogP contribution in [0.1, 0.15) is 16.8 Å². The normalized spacial score (nSPS) is 18.9. The van der Waals surface area contributed by atoms with Gasteiger partial charge in [0.2, 0.25) is 5.91 Å². The molecule has 2 heterocycles. The number of nitrogens with zero attached hydrogens (tertiary/aromatic N) is 2. The Morgan fingerprint density at radius 3 is 2.85 bits per heavy atom. The molecule has 2 aliphatic heterocycles. The molecule has 2 aliphatic rings. The summed E-state index contributed by atoms with van der Waals surface area (Å²) >= 11 is 0. The van der Waals surface area contributed by atoms with Crippen LogP contribution in [0.5, 0.6) is 5.75 Å². The van der Waals surface area contributed by atoms with Crippen molar-refractivity contribution in [1.82, 2.24) is 4.90 Å². The van der Waals surface area contributed by atoms with Gasteiger partial charge in [0.1, 0.15) is 5.75 Å². The largest absolute Gasteiger partial charge is 0.495 e. The van der Waals surface area contributed by atoms with Gasteiger partial charge in [0.25, 0.3) is 0 Å². The van der Waals surface area contributed by atoms with Crippen molar-refractivity contribution in [2.45, 2.75) is 6.42 Å². The number of ether oxygens (including phenoxy) is 1. The molecule has 4 rings (SSSR count). The Morgan fingerprint density at radius 1 is 1.22 bits per heavy atom. The number of amides is 1. The monoisotopic (exact) mass is 363 g/mol. The lowest BCUT2D eigenvalue weighted by Gasteiger charge is -2.34. The number of para-hydroxylation sites is 3. The molecule has 0 aromatic heterocycles. The highest BCUT2D eigenvalue weighted by Crippen LogP contribution is 2.32. The number of hydrogen-bond acceptors (Lipinski definition) is 5. The molecule has 1 fully saturated rings. The van der Waals surface area contributed by atoms with Crippen LogP contribution in [0.25, 0.3) is 0 Å². The molecule has 0 radical (unpaired) electrons. The Balaban J connectivity index is 1.43. The maximum Gasteiger partial charge on any atom is 0.238 e. The van der Waals surface area contributed by atoms with Gasteiger partial charge in [0, 0.05) is 24.4 Å². The number of aliphatic imine (C=N–C) groups is 1. The molecule has 138 valence electrons. The minimum atomic E-state index is -0.257. The van der Waals surface area contributed by atoms with Crippen LogP contribution >= 0.6 is 0 Å². The van der Waals surface area contributed by atoms with E-state index in [2.05, 4.69) is 10.3 Å². The van der Waals surface area contributed by atoms with Crippen molar-refractivity contribution in [2.75, 3.05) is 32.1 Å². The fraction of sp³-hybridized carbons (Fsp3) is 0.286. The van der Waals surface area contributed by atoms with Crippen molar-refractivity contribution in [1.29, 1.82) is 0 Å². The molecule has 0 bridgehead atoms. The van der Waals surface area contributed by atoms with Crippen molar-refractivity contribution in [3.05, 3.63) is 54.1 Å². The molecule has 1 amide bonds. The highest BCUT2D eigenvalue weighted by molar-refractivity contribution is 6.18. The Morgan fingerprint density at radius 2 is 2.00 bits per heavy atom. The van der Waals surface area contributed by atoms with Crippen LogP contribution in [0, 0.1) is 5.92 Å². The van der Waals surface area contributed by atoms with E-state index in [1.165, 1.54) is 0 Å². The molecule has 2 aromatic carbocycles. The molecule has 1 saturated heterocycles. The highest BCUT2D eigenvalue weighted by Gasteiger charge is 2.36. The maximum absolute atomic E-state index is 12.8. The van der Waals surface area contributed by atoms with Gasteiger partial charge in [-0.3, -0.25) is 19.5 Å². The number of likely N-dealkylation sites (tertiary alicyclic amines) is 1. The average Bonchev–Trinajstić information content (AvgIpc) is 2.69. The smallest absolute Gasteiger partial charge is 0.238 e.